The molecule has 232 valence electrons. The van der Waals surface area contributed by atoms with Crippen LogP contribution < -0.4 is 9.62 Å². The third kappa shape index (κ3) is 8.64. The van der Waals surface area contributed by atoms with Crippen LogP contribution in [0.2, 0.25) is 10.0 Å². The minimum atomic E-state index is -4.89. The van der Waals surface area contributed by atoms with E-state index in [-0.39, 0.29) is 23.9 Å². The van der Waals surface area contributed by atoms with E-state index in [2.05, 4.69) is 5.32 Å². The number of anilines is 1. The van der Waals surface area contributed by atoms with Crippen molar-refractivity contribution >= 4 is 50.7 Å². The molecule has 0 aliphatic carbocycles. The Kier molecular flexibility index (Phi) is 11.1. The number of carbonyl (C=O) groups is 2. The lowest BCUT2D eigenvalue weighted by atomic mass is 10.1. The molecule has 0 bridgehead atoms. The molecule has 0 heterocycles. The SMILES string of the molecule is CC[C@H](C(=O)NC(C)C)N(Cc1ccc(Cl)cc1)C(=O)CN(c1ccc(Cl)c(C(F)(F)F)c1)S(=O)(=O)c1ccc(C)cc1. The summed E-state index contributed by atoms with van der Waals surface area (Å²) in [6.45, 7) is 5.97. The molecule has 3 rings (SSSR count). The van der Waals surface area contributed by atoms with Crippen LogP contribution in [0.5, 0.6) is 0 Å². The molecule has 0 saturated heterocycles. The highest BCUT2D eigenvalue weighted by Gasteiger charge is 2.37. The first-order valence-electron chi connectivity index (χ1n) is 13.3. The first-order valence-corrected chi connectivity index (χ1v) is 15.5. The van der Waals surface area contributed by atoms with Gasteiger partial charge in [0, 0.05) is 17.6 Å². The molecule has 0 spiro atoms. The van der Waals surface area contributed by atoms with Gasteiger partial charge in [0.25, 0.3) is 10.0 Å². The normalized spacial score (nSPS) is 12.6. The lowest BCUT2D eigenvalue weighted by Crippen LogP contribution is -2.53. The number of hydrogen-bond donors (Lipinski definition) is 1. The number of alkyl halides is 3. The molecule has 0 aliphatic heterocycles. The molecule has 0 unspecified atom stereocenters. The van der Waals surface area contributed by atoms with Crippen LogP contribution in [0, 0.1) is 6.92 Å². The molecule has 1 N–H and O–H groups in total. The number of sulfonamides is 1. The van der Waals surface area contributed by atoms with Crippen molar-refractivity contribution in [3.05, 3.63) is 93.5 Å². The number of hydrogen-bond acceptors (Lipinski definition) is 4. The molecule has 7 nitrogen and oxygen atoms in total. The number of carbonyl (C=O) groups excluding carboxylic acids is 2. The van der Waals surface area contributed by atoms with E-state index in [1.54, 1.807) is 52.0 Å². The van der Waals surface area contributed by atoms with Crippen molar-refractivity contribution < 1.29 is 31.2 Å². The summed E-state index contributed by atoms with van der Waals surface area (Å²) in [5, 5.41) is 2.60. The third-order valence-electron chi connectivity index (χ3n) is 6.51. The van der Waals surface area contributed by atoms with Gasteiger partial charge in [0.2, 0.25) is 11.8 Å². The Morgan fingerprint density at radius 1 is 0.953 bits per heavy atom. The maximum atomic E-state index is 14.0. The minimum absolute atomic E-state index is 0.0904. The largest absolute Gasteiger partial charge is 0.417 e. The van der Waals surface area contributed by atoms with Crippen molar-refractivity contribution in [2.45, 2.75) is 63.8 Å². The second-order valence-corrected chi connectivity index (χ2v) is 12.9. The molecule has 0 aliphatic rings. The monoisotopic (exact) mass is 657 g/mol. The van der Waals surface area contributed by atoms with Gasteiger partial charge in [-0.15, -0.1) is 0 Å². The van der Waals surface area contributed by atoms with E-state index in [4.69, 9.17) is 23.2 Å². The maximum absolute atomic E-state index is 14.0. The summed E-state index contributed by atoms with van der Waals surface area (Å²) in [5.41, 5.74) is -0.323. The number of nitrogens with zero attached hydrogens (tertiary/aromatic N) is 2. The van der Waals surface area contributed by atoms with Crippen LogP contribution >= 0.6 is 23.2 Å². The van der Waals surface area contributed by atoms with E-state index in [0.29, 0.717) is 21.0 Å². The standard InChI is InChI=1S/C30H32Cl2F3N3O4S/c1-5-27(29(40)36-19(2)3)37(17-21-8-10-22(31)11-9-21)28(39)18-38(43(41,42)24-13-6-20(4)7-14-24)23-12-15-26(32)25(16-23)30(33,34)35/h6-16,19,27H,5,17-18H2,1-4H3,(H,36,40)/t27-/m1/s1. The van der Waals surface area contributed by atoms with Gasteiger partial charge in [-0.3, -0.25) is 13.9 Å². The Balaban J connectivity index is 2.15. The van der Waals surface area contributed by atoms with Crippen LogP contribution in [0.15, 0.2) is 71.6 Å². The van der Waals surface area contributed by atoms with Crippen molar-refractivity contribution in [3.8, 4) is 0 Å². The van der Waals surface area contributed by atoms with E-state index in [9.17, 15) is 31.2 Å². The molecule has 0 radical (unpaired) electrons. The number of aryl methyl sites for hydroxylation is 1. The van der Waals surface area contributed by atoms with Crippen LogP contribution in [-0.4, -0.2) is 43.8 Å². The van der Waals surface area contributed by atoms with Gasteiger partial charge < -0.3 is 10.2 Å². The molecule has 1 atom stereocenters. The molecule has 3 aromatic carbocycles. The Bertz CT molecular complexity index is 1550. The van der Waals surface area contributed by atoms with Gasteiger partial charge in [0.1, 0.15) is 12.6 Å². The van der Waals surface area contributed by atoms with Gasteiger partial charge in [0.15, 0.2) is 0 Å². The van der Waals surface area contributed by atoms with Crippen LogP contribution in [0.1, 0.15) is 43.9 Å². The van der Waals surface area contributed by atoms with Crippen molar-refractivity contribution in [3.63, 3.8) is 0 Å². The summed E-state index contributed by atoms with van der Waals surface area (Å²) in [7, 11) is -4.57. The van der Waals surface area contributed by atoms with Gasteiger partial charge >= 0.3 is 6.18 Å². The zero-order chi connectivity index (χ0) is 32.1. The highest BCUT2D eigenvalue weighted by Crippen LogP contribution is 2.38. The average molecular weight is 659 g/mol. The van der Waals surface area contributed by atoms with Crippen LogP contribution in [0.25, 0.3) is 0 Å². The molecule has 2 amide bonds. The predicted octanol–water partition coefficient (Wildman–Crippen LogP) is 6.85. The molecule has 43 heavy (non-hydrogen) atoms. The molecule has 0 fully saturated rings. The Morgan fingerprint density at radius 3 is 2.09 bits per heavy atom. The topological polar surface area (TPSA) is 86.8 Å². The predicted molar refractivity (Wildman–Crippen MR) is 162 cm³/mol. The van der Waals surface area contributed by atoms with Crippen LogP contribution in [0.4, 0.5) is 18.9 Å². The summed E-state index contributed by atoms with van der Waals surface area (Å²) < 4.78 is 69.8. The zero-order valence-electron chi connectivity index (χ0n) is 24.0. The lowest BCUT2D eigenvalue weighted by Gasteiger charge is -2.33. The van der Waals surface area contributed by atoms with E-state index >= 15 is 0 Å². The second kappa shape index (κ2) is 14.0. The zero-order valence-corrected chi connectivity index (χ0v) is 26.3. The first kappa shape index (κ1) is 34.2. The molecule has 3 aromatic rings. The maximum Gasteiger partial charge on any atom is 0.417 e. The first-order chi connectivity index (χ1) is 20.0. The summed E-state index contributed by atoms with van der Waals surface area (Å²) in [6, 6.07) is 13.6. The van der Waals surface area contributed by atoms with Crippen molar-refractivity contribution in [2.24, 2.45) is 0 Å². The molecule has 0 aromatic heterocycles. The quantitative estimate of drug-likeness (QED) is 0.244. The Labute approximate surface area is 259 Å². The van der Waals surface area contributed by atoms with Crippen molar-refractivity contribution in [1.82, 2.24) is 10.2 Å². The Morgan fingerprint density at radius 2 is 1.56 bits per heavy atom. The van der Waals surface area contributed by atoms with E-state index in [0.717, 1.165) is 17.7 Å². The summed E-state index contributed by atoms with van der Waals surface area (Å²) in [6.07, 6.45) is -4.71. The van der Waals surface area contributed by atoms with E-state index < -0.39 is 56.9 Å². The highest BCUT2D eigenvalue weighted by molar-refractivity contribution is 7.92. The lowest BCUT2D eigenvalue weighted by molar-refractivity contribution is -0.140. The second-order valence-electron chi connectivity index (χ2n) is 10.2. The van der Waals surface area contributed by atoms with Gasteiger partial charge in [-0.25, -0.2) is 8.42 Å². The number of halogens is 5. The minimum Gasteiger partial charge on any atom is -0.352 e. The number of benzene rings is 3. The molecular formula is C30H32Cl2F3N3O4S. The van der Waals surface area contributed by atoms with Crippen molar-refractivity contribution in [1.29, 1.82) is 0 Å². The smallest absolute Gasteiger partial charge is 0.352 e. The average Bonchev–Trinajstić information content (AvgIpc) is 2.92. The molecular weight excluding hydrogens is 626 g/mol. The fraction of sp³-hybridized carbons (Fsp3) is 0.333. The van der Waals surface area contributed by atoms with Gasteiger partial charge in [-0.1, -0.05) is 60.0 Å². The van der Waals surface area contributed by atoms with Crippen LogP contribution in [-0.2, 0) is 32.3 Å². The highest BCUT2D eigenvalue weighted by atomic mass is 35.5. The fourth-order valence-corrected chi connectivity index (χ4v) is 6.10. The van der Waals surface area contributed by atoms with Gasteiger partial charge in [0.05, 0.1) is 21.2 Å². The van der Waals surface area contributed by atoms with E-state index in [1.807, 2.05) is 0 Å². The third-order valence-corrected chi connectivity index (χ3v) is 8.88. The number of amides is 2. The van der Waals surface area contributed by atoms with Gasteiger partial charge in [-0.2, -0.15) is 13.2 Å². The number of nitrogens with one attached hydrogen (secondary N) is 1. The van der Waals surface area contributed by atoms with Crippen molar-refractivity contribution in [2.75, 3.05) is 10.8 Å². The molecule has 13 heteroatoms. The van der Waals surface area contributed by atoms with Gasteiger partial charge in [-0.05, 0) is 75.2 Å². The fourth-order valence-electron chi connectivity index (χ4n) is 4.34. The molecule has 0 saturated carbocycles. The van der Waals surface area contributed by atoms with E-state index in [1.165, 1.54) is 29.2 Å². The summed E-state index contributed by atoms with van der Waals surface area (Å²) in [4.78, 5) is 28.2. The van der Waals surface area contributed by atoms with Crippen LogP contribution in [0.3, 0.4) is 0 Å². The summed E-state index contributed by atoms with van der Waals surface area (Å²) >= 11 is 11.8. The number of rotatable bonds is 11. The Hall–Kier alpha value is -3.28. The summed E-state index contributed by atoms with van der Waals surface area (Å²) in [5.74, 6) is -1.27.